The van der Waals surface area contributed by atoms with Crippen LogP contribution in [0.25, 0.3) is 0 Å². The van der Waals surface area contributed by atoms with Crippen molar-refractivity contribution in [3.8, 4) is 0 Å². The smallest absolute Gasteiger partial charge is 0.220 e. The number of anilines is 1. The van der Waals surface area contributed by atoms with Crippen molar-refractivity contribution in [2.75, 3.05) is 5.73 Å². The van der Waals surface area contributed by atoms with E-state index in [2.05, 4.69) is 4.98 Å². The van der Waals surface area contributed by atoms with E-state index in [9.17, 15) is 15.0 Å². The maximum absolute atomic E-state index is 10.5. The molecule has 1 heterocycles. The summed E-state index contributed by atoms with van der Waals surface area (Å²) in [6, 6.07) is 1.50. The Morgan fingerprint density at radius 1 is 1.53 bits per heavy atom. The lowest BCUT2D eigenvalue weighted by atomic mass is 10.0. The number of nitrogens with two attached hydrogens (primary N) is 2. The molecule has 6 N–H and O–H groups in total. The van der Waals surface area contributed by atoms with Gasteiger partial charge in [-0.15, -0.1) is 0 Å². The summed E-state index contributed by atoms with van der Waals surface area (Å²) in [6.07, 6.45) is -0.0497. The van der Waals surface area contributed by atoms with Gasteiger partial charge in [-0.05, 0) is 6.07 Å². The molecule has 0 saturated heterocycles. The van der Waals surface area contributed by atoms with Gasteiger partial charge in [-0.2, -0.15) is 0 Å². The topological polar surface area (TPSA) is 122 Å². The fraction of sp³-hybridized carbons (Fsp3) is 0.333. The second-order valence-corrected chi connectivity index (χ2v) is 3.19. The summed E-state index contributed by atoms with van der Waals surface area (Å²) in [5.41, 5.74) is 11.0. The van der Waals surface area contributed by atoms with E-state index in [1.807, 2.05) is 0 Å². The minimum atomic E-state index is -1.27. The molecule has 0 saturated carbocycles. The van der Waals surface area contributed by atoms with Crippen molar-refractivity contribution in [2.24, 2.45) is 5.73 Å². The Balaban J connectivity index is 2.80. The molecule has 0 aliphatic carbocycles. The predicted molar refractivity (Wildman–Crippen MR) is 53.4 cm³/mol. The highest BCUT2D eigenvalue weighted by Gasteiger charge is 2.22. The van der Waals surface area contributed by atoms with Crippen LogP contribution < -0.4 is 11.5 Å². The summed E-state index contributed by atoms with van der Waals surface area (Å²) < 4.78 is 0. The van der Waals surface area contributed by atoms with Crippen LogP contribution in [-0.2, 0) is 4.79 Å². The van der Waals surface area contributed by atoms with Crippen molar-refractivity contribution in [3.63, 3.8) is 0 Å². The van der Waals surface area contributed by atoms with Gasteiger partial charge in [-0.25, -0.2) is 0 Å². The number of nitrogen functional groups attached to an aromatic ring is 1. The molecule has 1 amide bonds. The largest absolute Gasteiger partial charge is 0.398 e. The molecule has 0 spiro atoms. The second-order valence-electron chi connectivity index (χ2n) is 3.19. The van der Waals surface area contributed by atoms with Crippen LogP contribution in [0.2, 0.25) is 0 Å². The summed E-state index contributed by atoms with van der Waals surface area (Å²) in [5.74, 6) is -0.691. The van der Waals surface area contributed by atoms with Gasteiger partial charge in [0, 0.05) is 23.6 Å². The second kappa shape index (κ2) is 4.72. The minimum absolute atomic E-state index is 0.284. The van der Waals surface area contributed by atoms with Gasteiger partial charge in [-0.1, -0.05) is 0 Å². The van der Waals surface area contributed by atoms with E-state index in [1.165, 1.54) is 18.5 Å². The van der Waals surface area contributed by atoms with Crippen LogP contribution in [0.1, 0.15) is 18.1 Å². The molecule has 0 bridgehead atoms. The van der Waals surface area contributed by atoms with E-state index in [0.717, 1.165) is 0 Å². The third-order valence-corrected chi connectivity index (χ3v) is 1.98. The van der Waals surface area contributed by atoms with Crippen LogP contribution in [0.15, 0.2) is 18.5 Å². The van der Waals surface area contributed by atoms with Gasteiger partial charge in [0.1, 0.15) is 6.10 Å². The fourth-order valence-corrected chi connectivity index (χ4v) is 1.19. The van der Waals surface area contributed by atoms with E-state index in [4.69, 9.17) is 11.5 Å². The first-order chi connectivity index (χ1) is 7.02. The van der Waals surface area contributed by atoms with E-state index < -0.39 is 18.1 Å². The van der Waals surface area contributed by atoms with E-state index in [-0.39, 0.29) is 12.0 Å². The summed E-state index contributed by atoms with van der Waals surface area (Å²) in [7, 11) is 0. The zero-order valence-electron chi connectivity index (χ0n) is 8.00. The number of rotatable bonds is 4. The molecular formula is C9H13N3O3. The van der Waals surface area contributed by atoms with Crippen molar-refractivity contribution in [1.29, 1.82) is 0 Å². The van der Waals surface area contributed by atoms with Crippen LogP contribution in [0.4, 0.5) is 5.69 Å². The maximum atomic E-state index is 10.5. The number of carbonyl (C=O) groups excluding carboxylic acids is 1. The lowest BCUT2D eigenvalue weighted by Gasteiger charge is -2.17. The highest BCUT2D eigenvalue weighted by molar-refractivity contribution is 5.74. The number of hydrogen-bond acceptors (Lipinski definition) is 5. The summed E-state index contributed by atoms with van der Waals surface area (Å²) in [4.78, 5) is 14.3. The summed E-state index contributed by atoms with van der Waals surface area (Å²) >= 11 is 0. The first-order valence-electron chi connectivity index (χ1n) is 4.36. The summed E-state index contributed by atoms with van der Waals surface area (Å²) in [5, 5.41) is 19.1. The third kappa shape index (κ3) is 2.90. The lowest BCUT2D eigenvalue weighted by Crippen LogP contribution is -2.26. The number of amides is 1. The number of hydrogen-bond donors (Lipinski definition) is 4. The molecule has 15 heavy (non-hydrogen) atoms. The molecule has 0 fully saturated rings. The Labute approximate surface area is 86.5 Å². The SMILES string of the molecule is NC(=O)CC(O)C(O)c1cnccc1N. The first kappa shape index (κ1) is 11.4. The number of aliphatic hydroxyl groups excluding tert-OH is 2. The Kier molecular flexibility index (Phi) is 3.59. The van der Waals surface area contributed by atoms with Gasteiger partial charge in [0.05, 0.1) is 12.5 Å². The van der Waals surface area contributed by atoms with Crippen LogP contribution in [-0.4, -0.2) is 27.2 Å². The lowest BCUT2D eigenvalue weighted by molar-refractivity contribution is -0.121. The molecule has 0 aromatic carbocycles. The molecule has 6 heteroatoms. The minimum Gasteiger partial charge on any atom is -0.398 e. The van der Waals surface area contributed by atoms with Crippen molar-refractivity contribution >= 4 is 11.6 Å². The Morgan fingerprint density at radius 2 is 2.20 bits per heavy atom. The van der Waals surface area contributed by atoms with E-state index >= 15 is 0 Å². The van der Waals surface area contributed by atoms with Crippen molar-refractivity contribution in [1.82, 2.24) is 4.98 Å². The zero-order valence-corrected chi connectivity index (χ0v) is 8.00. The van der Waals surface area contributed by atoms with Crippen molar-refractivity contribution < 1.29 is 15.0 Å². The molecule has 1 aromatic rings. The van der Waals surface area contributed by atoms with Crippen molar-refractivity contribution in [2.45, 2.75) is 18.6 Å². The Morgan fingerprint density at radius 3 is 2.73 bits per heavy atom. The molecule has 1 rings (SSSR count). The molecule has 2 unspecified atom stereocenters. The molecule has 0 radical (unpaired) electrons. The predicted octanol–water partition coefficient (Wildman–Crippen LogP) is -1.07. The molecule has 0 aliphatic rings. The maximum Gasteiger partial charge on any atom is 0.220 e. The highest BCUT2D eigenvalue weighted by Crippen LogP contribution is 2.22. The van der Waals surface area contributed by atoms with Gasteiger partial charge >= 0.3 is 0 Å². The Hall–Kier alpha value is -1.66. The number of carbonyl (C=O) groups is 1. The average Bonchev–Trinajstić information content (AvgIpc) is 2.16. The number of aromatic nitrogens is 1. The van der Waals surface area contributed by atoms with Gasteiger partial charge in [0.25, 0.3) is 0 Å². The Bertz CT molecular complexity index is 356. The molecule has 82 valence electrons. The molecular weight excluding hydrogens is 198 g/mol. The standard InChI is InChI=1S/C9H13N3O3/c10-6-1-2-12-4-5(6)9(15)7(13)3-8(11)14/h1-2,4,7,9,13,15H,3H2,(H2,10,12)(H2,11,14). The van der Waals surface area contributed by atoms with E-state index in [1.54, 1.807) is 0 Å². The van der Waals surface area contributed by atoms with Gasteiger partial charge in [0.15, 0.2) is 0 Å². The van der Waals surface area contributed by atoms with Gasteiger partial charge < -0.3 is 21.7 Å². The van der Waals surface area contributed by atoms with Gasteiger partial charge in [-0.3, -0.25) is 9.78 Å². The molecule has 2 atom stereocenters. The van der Waals surface area contributed by atoms with Crippen molar-refractivity contribution in [3.05, 3.63) is 24.0 Å². The third-order valence-electron chi connectivity index (χ3n) is 1.98. The van der Waals surface area contributed by atoms with Gasteiger partial charge in [0.2, 0.25) is 5.91 Å². The number of nitrogens with zero attached hydrogens (tertiary/aromatic N) is 1. The van der Waals surface area contributed by atoms with E-state index in [0.29, 0.717) is 5.69 Å². The first-order valence-corrected chi connectivity index (χ1v) is 4.36. The van der Waals surface area contributed by atoms with Crippen LogP contribution >= 0.6 is 0 Å². The molecule has 0 aliphatic heterocycles. The quantitative estimate of drug-likeness (QED) is 0.505. The average molecular weight is 211 g/mol. The van der Waals surface area contributed by atoms with Crippen LogP contribution in [0.3, 0.4) is 0 Å². The number of primary amides is 1. The molecule has 6 nitrogen and oxygen atoms in total. The fourth-order valence-electron chi connectivity index (χ4n) is 1.19. The zero-order chi connectivity index (χ0) is 11.4. The molecule has 1 aromatic heterocycles. The summed E-state index contributed by atoms with van der Waals surface area (Å²) in [6.45, 7) is 0. The normalized spacial score (nSPS) is 14.5. The highest BCUT2D eigenvalue weighted by atomic mass is 16.3. The van der Waals surface area contributed by atoms with Crippen LogP contribution in [0.5, 0.6) is 0 Å². The number of pyridine rings is 1. The van der Waals surface area contributed by atoms with Crippen LogP contribution in [0, 0.1) is 0 Å². The monoisotopic (exact) mass is 211 g/mol. The number of aliphatic hydroxyl groups is 2.